The van der Waals surface area contributed by atoms with E-state index in [0.717, 1.165) is 6.42 Å². The van der Waals surface area contributed by atoms with Crippen LogP contribution in [0.2, 0.25) is 0 Å². The van der Waals surface area contributed by atoms with Gasteiger partial charge in [-0.05, 0) is 18.8 Å². The first-order valence-corrected chi connectivity index (χ1v) is 9.84. The number of aromatic nitrogens is 2. The number of nitrogens with one attached hydrogen (secondary N) is 3. The number of imidazole rings is 1. The fourth-order valence-electron chi connectivity index (χ4n) is 1.88. The molecular weight excluding hydrogens is 424 g/mol. The van der Waals surface area contributed by atoms with Crippen molar-refractivity contribution in [2.75, 3.05) is 6.54 Å². The Bertz CT molecular complexity index is 685. The first kappa shape index (κ1) is 31.0. The van der Waals surface area contributed by atoms with Crippen molar-refractivity contribution in [3.63, 3.8) is 0 Å². The molecule has 0 bridgehead atoms. The zero-order chi connectivity index (χ0) is 25.3. The second-order valence-electron chi connectivity index (χ2n) is 6.89. The van der Waals surface area contributed by atoms with Gasteiger partial charge in [0.15, 0.2) is 5.96 Å². The Morgan fingerprint density at radius 3 is 2.03 bits per heavy atom. The summed E-state index contributed by atoms with van der Waals surface area (Å²) in [6, 6.07) is -2.38. The summed E-state index contributed by atoms with van der Waals surface area (Å²) < 4.78 is 0. The van der Waals surface area contributed by atoms with E-state index in [9.17, 15) is 14.4 Å². The number of carboxylic acid groups (broad SMARTS) is 3. The quantitative estimate of drug-likeness (QED) is 0.102. The average Bonchev–Trinajstić information content (AvgIpc) is 3.23. The van der Waals surface area contributed by atoms with Crippen molar-refractivity contribution in [3.8, 4) is 0 Å². The lowest BCUT2D eigenvalue weighted by Crippen LogP contribution is -2.36. The van der Waals surface area contributed by atoms with Crippen molar-refractivity contribution in [1.82, 2.24) is 15.3 Å². The largest absolute Gasteiger partial charge is 0.480 e. The predicted octanol–water partition coefficient (Wildman–Crippen LogP) is -1.53. The number of rotatable bonds is 11. The molecule has 0 aliphatic rings. The zero-order valence-corrected chi connectivity index (χ0v) is 18.3. The van der Waals surface area contributed by atoms with E-state index in [-0.39, 0.29) is 18.3 Å². The molecule has 0 fully saturated rings. The maximum Gasteiger partial charge on any atom is 0.320 e. The average molecular weight is 461 g/mol. The second kappa shape index (κ2) is 17.5. The van der Waals surface area contributed by atoms with Gasteiger partial charge in [0.05, 0.1) is 12.0 Å². The third kappa shape index (κ3) is 16.6. The van der Waals surface area contributed by atoms with Crippen LogP contribution in [0.4, 0.5) is 0 Å². The van der Waals surface area contributed by atoms with Gasteiger partial charge in [-0.2, -0.15) is 0 Å². The lowest BCUT2D eigenvalue weighted by Gasteiger charge is -2.11. The van der Waals surface area contributed by atoms with Gasteiger partial charge < -0.3 is 48.6 Å². The van der Waals surface area contributed by atoms with Crippen LogP contribution in [0.3, 0.4) is 0 Å². The summed E-state index contributed by atoms with van der Waals surface area (Å²) in [6.45, 7) is 4.24. The highest BCUT2D eigenvalue weighted by molar-refractivity contribution is 5.74. The number of nitrogens with two attached hydrogens (primary N) is 4. The SMILES string of the molecule is CCC(C)C(N)C(=O)O.N=C(N)NCCCC(N)C(=O)O.NC(Cc1c[nH]cn1)C(=O)O. The Morgan fingerprint density at radius 2 is 1.69 bits per heavy atom. The monoisotopic (exact) mass is 460 g/mol. The van der Waals surface area contributed by atoms with Crippen LogP contribution in [0.5, 0.6) is 0 Å². The Labute approximate surface area is 186 Å². The molecule has 1 rings (SSSR count). The van der Waals surface area contributed by atoms with E-state index in [1.807, 2.05) is 13.8 Å². The molecule has 0 aliphatic carbocycles. The molecule has 0 radical (unpaired) electrons. The van der Waals surface area contributed by atoms with Crippen LogP contribution < -0.4 is 28.3 Å². The highest BCUT2D eigenvalue weighted by atomic mass is 16.4. The molecule has 14 heteroatoms. The van der Waals surface area contributed by atoms with Crippen molar-refractivity contribution in [3.05, 3.63) is 18.2 Å². The zero-order valence-electron chi connectivity index (χ0n) is 18.3. The Hall–Kier alpha value is -3.23. The molecular formula is C18H36N8O6. The van der Waals surface area contributed by atoms with Crippen molar-refractivity contribution in [1.29, 1.82) is 5.41 Å². The van der Waals surface area contributed by atoms with Crippen molar-refractivity contribution in [2.24, 2.45) is 28.9 Å². The van der Waals surface area contributed by atoms with Crippen LogP contribution in [-0.4, -0.2) is 73.8 Å². The minimum absolute atomic E-state index is 0.0718. The van der Waals surface area contributed by atoms with Gasteiger partial charge in [-0.25, -0.2) is 4.98 Å². The van der Waals surface area contributed by atoms with Gasteiger partial charge in [0.1, 0.15) is 18.1 Å². The molecule has 1 aromatic rings. The van der Waals surface area contributed by atoms with E-state index >= 15 is 0 Å². The topological polar surface area (TPSA) is 281 Å². The summed E-state index contributed by atoms with van der Waals surface area (Å²) >= 11 is 0. The van der Waals surface area contributed by atoms with Gasteiger partial charge in [0, 0.05) is 19.2 Å². The van der Waals surface area contributed by atoms with Crippen LogP contribution in [0.15, 0.2) is 12.5 Å². The molecule has 0 spiro atoms. The minimum atomic E-state index is -1.01. The van der Waals surface area contributed by atoms with Crippen LogP contribution >= 0.6 is 0 Å². The van der Waals surface area contributed by atoms with E-state index < -0.39 is 36.0 Å². The summed E-state index contributed by atoms with van der Waals surface area (Å²) in [4.78, 5) is 37.2. The molecule has 0 amide bonds. The lowest BCUT2D eigenvalue weighted by atomic mass is 10.0. The number of carboxylic acids is 3. The van der Waals surface area contributed by atoms with Crippen LogP contribution in [0.1, 0.15) is 38.8 Å². The summed E-state index contributed by atoms with van der Waals surface area (Å²) in [5.74, 6) is -2.96. The summed E-state index contributed by atoms with van der Waals surface area (Å²) in [7, 11) is 0. The number of guanidine groups is 1. The van der Waals surface area contributed by atoms with E-state index in [1.54, 1.807) is 6.20 Å². The molecule has 32 heavy (non-hydrogen) atoms. The molecule has 0 saturated carbocycles. The molecule has 0 saturated heterocycles. The highest BCUT2D eigenvalue weighted by Crippen LogP contribution is 2.04. The number of carbonyl (C=O) groups is 3. The van der Waals surface area contributed by atoms with Gasteiger partial charge in [-0.3, -0.25) is 19.8 Å². The first-order valence-electron chi connectivity index (χ1n) is 9.84. The van der Waals surface area contributed by atoms with E-state index in [1.165, 1.54) is 6.33 Å². The molecule has 4 atom stereocenters. The molecule has 1 aromatic heterocycles. The van der Waals surface area contributed by atoms with Gasteiger partial charge in [-0.1, -0.05) is 20.3 Å². The van der Waals surface area contributed by atoms with Crippen LogP contribution in [0, 0.1) is 11.3 Å². The summed E-state index contributed by atoms with van der Waals surface area (Å²) in [6.07, 6.45) is 5.17. The summed E-state index contributed by atoms with van der Waals surface area (Å²) in [5.41, 5.74) is 21.4. The minimum Gasteiger partial charge on any atom is -0.480 e. The molecule has 0 aliphatic heterocycles. The number of H-pyrrole nitrogens is 1. The third-order valence-electron chi connectivity index (χ3n) is 4.17. The Balaban J connectivity index is 0. The third-order valence-corrected chi connectivity index (χ3v) is 4.17. The van der Waals surface area contributed by atoms with E-state index in [0.29, 0.717) is 25.1 Å². The normalized spacial score (nSPS) is 13.7. The maximum absolute atomic E-state index is 10.3. The molecule has 14 N–H and O–H groups in total. The number of hydrogen-bond donors (Lipinski definition) is 10. The molecule has 0 aromatic carbocycles. The molecule has 1 heterocycles. The van der Waals surface area contributed by atoms with Gasteiger partial charge in [0.2, 0.25) is 0 Å². The highest BCUT2D eigenvalue weighted by Gasteiger charge is 2.17. The number of hydrogen-bond acceptors (Lipinski definition) is 8. The second-order valence-corrected chi connectivity index (χ2v) is 6.89. The van der Waals surface area contributed by atoms with Crippen LogP contribution in [-0.2, 0) is 20.8 Å². The predicted molar refractivity (Wildman–Crippen MR) is 118 cm³/mol. The Kier molecular flexibility index (Phi) is 16.9. The first-order chi connectivity index (χ1) is 14.8. The molecule has 184 valence electrons. The maximum atomic E-state index is 10.3. The van der Waals surface area contributed by atoms with E-state index in [4.69, 9.17) is 43.7 Å². The summed E-state index contributed by atoms with van der Waals surface area (Å²) in [5, 5.41) is 34.5. The van der Waals surface area contributed by atoms with Crippen molar-refractivity contribution in [2.45, 2.75) is 57.7 Å². The van der Waals surface area contributed by atoms with Crippen molar-refractivity contribution < 1.29 is 29.7 Å². The van der Waals surface area contributed by atoms with Crippen LogP contribution in [0.25, 0.3) is 0 Å². The number of aliphatic carboxylic acids is 3. The lowest BCUT2D eigenvalue weighted by molar-refractivity contribution is -0.140. The fraction of sp³-hybridized carbons (Fsp3) is 0.611. The molecule has 4 unspecified atom stereocenters. The standard InChI is InChI=1S/C6H14N4O2.C6H9N3O2.C6H13NO2/c7-4(5(11)12)2-1-3-10-6(8)9;7-5(6(10)11)1-4-2-8-3-9-4;1-3-4(2)5(7)6(8)9/h4H,1-3,7H2,(H,11,12)(H4,8,9,10);2-3,5H,1,7H2,(H,8,9)(H,10,11);4-5H,3,7H2,1-2H3,(H,8,9). The Morgan fingerprint density at radius 1 is 1.12 bits per heavy atom. The van der Waals surface area contributed by atoms with E-state index in [2.05, 4.69) is 15.3 Å². The number of nitrogens with zero attached hydrogens (tertiary/aromatic N) is 1. The smallest absolute Gasteiger partial charge is 0.320 e. The van der Waals surface area contributed by atoms with Gasteiger partial charge >= 0.3 is 17.9 Å². The fourth-order valence-corrected chi connectivity index (χ4v) is 1.88. The van der Waals surface area contributed by atoms with Gasteiger partial charge in [-0.15, -0.1) is 0 Å². The van der Waals surface area contributed by atoms with Crippen molar-refractivity contribution >= 4 is 23.9 Å². The number of aromatic amines is 1. The molecule has 14 nitrogen and oxygen atoms in total. The van der Waals surface area contributed by atoms with Gasteiger partial charge in [0.25, 0.3) is 0 Å².